The monoisotopic (exact) mass is 563 g/mol. The van der Waals surface area contributed by atoms with Gasteiger partial charge in [0.15, 0.2) is 21.2 Å². The van der Waals surface area contributed by atoms with Gasteiger partial charge in [0, 0.05) is 23.1 Å². The number of anilines is 2. The van der Waals surface area contributed by atoms with Crippen LogP contribution in [0.3, 0.4) is 0 Å². The minimum atomic E-state index is -3.63. The molecule has 2 aromatic heterocycles. The molecule has 11 nitrogen and oxygen atoms in total. The molecule has 0 radical (unpaired) electrons. The van der Waals surface area contributed by atoms with E-state index in [0.717, 1.165) is 12.3 Å². The first-order valence-electron chi connectivity index (χ1n) is 11.9. The van der Waals surface area contributed by atoms with Crippen LogP contribution in [0.25, 0.3) is 27.8 Å². The van der Waals surface area contributed by atoms with Gasteiger partial charge in [-0.2, -0.15) is 5.10 Å². The van der Waals surface area contributed by atoms with Gasteiger partial charge in [-0.25, -0.2) is 22.3 Å². The molecule has 2 heterocycles. The Hall–Kier alpha value is -5.04. The molecule has 0 unspecified atom stereocenters. The molecular formula is C27H22FN5O6S. The zero-order chi connectivity index (χ0) is 28.6. The number of esters is 1. The Morgan fingerprint density at radius 3 is 2.60 bits per heavy atom. The molecule has 5 rings (SSSR count). The number of benzene rings is 3. The van der Waals surface area contributed by atoms with Gasteiger partial charge in [0.25, 0.3) is 5.91 Å². The van der Waals surface area contributed by atoms with E-state index in [-0.39, 0.29) is 45.4 Å². The van der Waals surface area contributed by atoms with Gasteiger partial charge >= 0.3 is 5.97 Å². The number of nitrogens with one attached hydrogen (secondary N) is 1. The van der Waals surface area contributed by atoms with E-state index in [9.17, 15) is 18.0 Å². The second kappa shape index (κ2) is 10.3. The summed E-state index contributed by atoms with van der Waals surface area (Å²) in [6.45, 7) is 1.69. The second-order valence-corrected chi connectivity index (χ2v) is 10.7. The molecule has 0 spiro atoms. The molecule has 0 aliphatic heterocycles. The molecule has 0 bridgehead atoms. The Balaban J connectivity index is 1.53. The van der Waals surface area contributed by atoms with Gasteiger partial charge in [-0.15, -0.1) is 0 Å². The topological polar surface area (TPSA) is 159 Å². The maximum absolute atomic E-state index is 15.2. The molecule has 1 amide bonds. The number of nitrogen functional groups attached to an aromatic ring is 1. The van der Waals surface area contributed by atoms with E-state index in [2.05, 4.69) is 15.6 Å². The second-order valence-electron chi connectivity index (χ2n) is 8.70. The fourth-order valence-corrected chi connectivity index (χ4v) is 5.12. The van der Waals surface area contributed by atoms with E-state index >= 15 is 4.39 Å². The van der Waals surface area contributed by atoms with Crippen LogP contribution in [0.1, 0.15) is 27.8 Å². The lowest BCUT2D eigenvalue weighted by atomic mass is 10.0. The van der Waals surface area contributed by atoms with Crippen LogP contribution in [0.2, 0.25) is 0 Å². The van der Waals surface area contributed by atoms with E-state index < -0.39 is 27.5 Å². The van der Waals surface area contributed by atoms with Crippen molar-refractivity contribution in [3.8, 4) is 16.8 Å². The first-order valence-corrected chi connectivity index (χ1v) is 13.8. The molecule has 0 saturated heterocycles. The van der Waals surface area contributed by atoms with Crippen molar-refractivity contribution in [2.24, 2.45) is 0 Å². The molecule has 0 fully saturated rings. The van der Waals surface area contributed by atoms with E-state index in [1.54, 1.807) is 37.3 Å². The van der Waals surface area contributed by atoms with E-state index in [1.807, 2.05) is 0 Å². The van der Waals surface area contributed by atoms with Gasteiger partial charge in [0.05, 0.1) is 28.8 Å². The highest BCUT2D eigenvalue weighted by Crippen LogP contribution is 2.31. The third-order valence-corrected chi connectivity index (χ3v) is 7.16. The Bertz CT molecular complexity index is 1900. The van der Waals surface area contributed by atoms with E-state index in [1.165, 1.54) is 35.1 Å². The number of sulfone groups is 1. The van der Waals surface area contributed by atoms with Crippen molar-refractivity contribution >= 4 is 44.2 Å². The van der Waals surface area contributed by atoms with Crippen LogP contribution in [-0.4, -0.2) is 48.1 Å². The first-order chi connectivity index (χ1) is 19.1. The van der Waals surface area contributed by atoms with Gasteiger partial charge < -0.3 is 20.3 Å². The van der Waals surface area contributed by atoms with Gasteiger partial charge in [-0.05, 0) is 49.4 Å². The van der Waals surface area contributed by atoms with Gasteiger partial charge in [0.1, 0.15) is 17.1 Å². The van der Waals surface area contributed by atoms with Gasteiger partial charge in [-0.3, -0.25) is 4.79 Å². The van der Waals surface area contributed by atoms with Gasteiger partial charge in [-0.1, -0.05) is 23.4 Å². The van der Waals surface area contributed by atoms with Crippen molar-refractivity contribution in [2.75, 3.05) is 23.9 Å². The Morgan fingerprint density at radius 1 is 1.10 bits per heavy atom. The number of nitrogens with zero attached hydrogens (tertiary/aromatic N) is 3. The number of hydrogen-bond donors (Lipinski definition) is 2. The molecule has 3 N–H and O–H groups in total. The van der Waals surface area contributed by atoms with E-state index in [4.69, 9.17) is 15.0 Å². The quantitative estimate of drug-likeness (QED) is 0.276. The third kappa shape index (κ3) is 4.89. The standard InChI is InChI=1S/C27H22FN5O6S/c1-3-38-27(35)20-14-30-33(16-9-11-22-19(13-16)25(29)32-39-22)24(20)26(34)31-15-8-10-17(21(28)12-15)18-6-4-5-7-23(18)40(2,36)37/h4-14H,3H2,1-2H3,(H2,29,32)(H,31,34). The zero-order valence-electron chi connectivity index (χ0n) is 21.2. The lowest BCUT2D eigenvalue weighted by Gasteiger charge is -2.13. The minimum absolute atomic E-state index is 0.0286. The fraction of sp³-hybridized carbons (Fsp3) is 0.111. The molecule has 3 aromatic carbocycles. The van der Waals surface area contributed by atoms with Crippen molar-refractivity contribution in [1.82, 2.24) is 14.9 Å². The number of carbonyl (C=O) groups is 2. The SMILES string of the molecule is CCOC(=O)c1cnn(-c2ccc3onc(N)c3c2)c1C(=O)Nc1ccc(-c2ccccc2S(C)(=O)=O)c(F)c1. The summed E-state index contributed by atoms with van der Waals surface area (Å²) in [4.78, 5) is 26.1. The number of rotatable bonds is 7. The van der Waals surface area contributed by atoms with Crippen LogP contribution in [0, 0.1) is 5.82 Å². The van der Waals surface area contributed by atoms with Crippen molar-refractivity contribution in [3.63, 3.8) is 0 Å². The molecule has 40 heavy (non-hydrogen) atoms. The highest BCUT2D eigenvalue weighted by Gasteiger charge is 2.26. The van der Waals surface area contributed by atoms with Crippen LogP contribution in [0.15, 0.2) is 76.3 Å². The summed E-state index contributed by atoms with van der Waals surface area (Å²) in [6, 6.07) is 14.6. The van der Waals surface area contributed by atoms with E-state index in [0.29, 0.717) is 16.7 Å². The molecule has 0 aliphatic rings. The molecule has 0 atom stereocenters. The number of ether oxygens (including phenoxy) is 1. The smallest absolute Gasteiger partial charge is 0.342 e. The number of amides is 1. The molecule has 204 valence electrons. The Labute approximate surface area is 227 Å². The molecule has 0 saturated carbocycles. The van der Waals surface area contributed by atoms with Crippen LogP contribution >= 0.6 is 0 Å². The zero-order valence-corrected chi connectivity index (χ0v) is 22.0. The van der Waals surface area contributed by atoms with Crippen LogP contribution in [-0.2, 0) is 14.6 Å². The summed E-state index contributed by atoms with van der Waals surface area (Å²) in [5.74, 6) is -2.18. The summed E-state index contributed by atoms with van der Waals surface area (Å²) in [7, 11) is -3.63. The number of fused-ring (bicyclic) bond motifs is 1. The molecule has 5 aromatic rings. The van der Waals surface area contributed by atoms with Crippen molar-refractivity contribution < 1.29 is 31.7 Å². The highest BCUT2D eigenvalue weighted by molar-refractivity contribution is 7.90. The first kappa shape index (κ1) is 26.6. The molecule has 13 heteroatoms. The van der Waals surface area contributed by atoms with Crippen molar-refractivity contribution in [3.05, 3.63) is 83.9 Å². The third-order valence-electron chi connectivity index (χ3n) is 6.01. The highest BCUT2D eigenvalue weighted by atomic mass is 32.2. The lowest BCUT2D eigenvalue weighted by Crippen LogP contribution is -2.21. The normalized spacial score (nSPS) is 11.5. The number of aromatic nitrogens is 3. The summed E-state index contributed by atoms with van der Waals surface area (Å²) in [5.41, 5.74) is 6.66. The summed E-state index contributed by atoms with van der Waals surface area (Å²) < 4.78 is 51.1. The fourth-order valence-electron chi connectivity index (χ4n) is 4.21. The predicted octanol–water partition coefficient (Wildman–Crippen LogP) is 4.23. The summed E-state index contributed by atoms with van der Waals surface area (Å²) in [5, 5.41) is 11.0. The lowest BCUT2D eigenvalue weighted by molar-refractivity contribution is 0.0523. The summed E-state index contributed by atoms with van der Waals surface area (Å²) >= 11 is 0. The average molecular weight is 564 g/mol. The number of carbonyl (C=O) groups excluding carboxylic acids is 2. The predicted molar refractivity (Wildman–Crippen MR) is 144 cm³/mol. The maximum atomic E-state index is 15.2. The number of hydrogen-bond acceptors (Lipinski definition) is 9. The molecular weight excluding hydrogens is 541 g/mol. The minimum Gasteiger partial charge on any atom is -0.462 e. The van der Waals surface area contributed by atoms with Crippen LogP contribution in [0.5, 0.6) is 0 Å². The Kier molecular flexibility index (Phi) is 6.81. The number of halogens is 1. The number of nitrogens with two attached hydrogens (primary N) is 1. The van der Waals surface area contributed by atoms with Crippen molar-refractivity contribution in [1.29, 1.82) is 0 Å². The molecule has 0 aliphatic carbocycles. The Morgan fingerprint density at radius 2 is 1.88 bits per heavy atom. The largest absolute Gasteiger partial charge is 0.462 e. The maximum Gasteiger partial charge on any atom is 0.342 e. The summed E-state index contributed by atoms with van der Waals surface area (Å²) in [6.07, 6.45) is 2.23. The van der Waals surface area contributed by atoms with Gasteiger partial charge in [0.2, 0.25) is 0 Å². The van der Waals surface area contributed by atoms with Crippen LogP contribution < -0.4 is 11.1 Å². The van der Waals surface area contributed by atoms with Crippen molar-refractivity contribution in [2.45, 2.75) is 11.8 Å². The van der Waals surface area contributed by atoms with Crippen LogP contribution in [0.4, 0.5) is 15.9 Å². The average Bonchev–Trinajstić information content (AvgIpc) is 3.52.